The highest BCUT2D eigenvalue weighted by molar-refractivity contribution is 6.03. The highest BCUT2D eigenvalue weighted by Crippen LogP contribution is 2.43. The summed E-state index contributed by atoms with van der Waals surface area (Å²) in [5.41, 5.74) is 5.28. The number of ether oxygens (including phenoxy) is 3. The maximum absolute atomic E-state index is 11.9. The first-order valence-electron chi connectivity index (χ1n) is 11.5. The fraction of sp³-hybridized carbons (Fsp3) is 0.138. The number of para-hydroxylation sites is 1. The number of aromatic nitrogens is 2. The van der Waals surface area contributed by atoms with E-state index in [0.29, 0.717) is 45.3 Å². The van der Waals surface area contributed by atoms with E-state index in [1.54, 1.807) is 39.5 Å². The van der Waals surface area contributed by atoms with Gasteiger partial charge in [0.2, 0.25) is 5.75 Å². The number of methoxy groups -OCH3 is 3. The van der Waals surface area contributed by atoms with Gasteiger partial charge in [0.1, 0.15) is 11.5 Å². The maximum atomic E-state index is 11.9. The van der Waals surface area contributed by atoms with Crippen LogP contribution in [0, 0.1) is 6.92 Å². The molecular formula is C29H24N2O6. The Labute approximate surface area is 213 Å². The number of pyridine rings is 1. The van der Waals surface area contributed by atoms with Gasteiger partial charge in [0.25, 0.3) is 0 Å². The number of nitrogens with zero attached hydrogens (tertiary/aromatic N) is 2. The topological polar surface area (TPSA) is 104 Å². The monoisotopic (exact) mass is 496 g/mol. The van der Waals surface area contributed by atoms with E-state index in [0.717, 1.165) is 22.3 Å². The van der Waals surface area contributed by atoms with Crippen LogP contribution in [0.15, 0.2) is 71.3 Å². The molecule has 0 atom stereocenters. The minimum atomic E-state index is -0.994. The number of aryl methyl sites for hydroxylation is 1. The van der Waals surface area contributed by atoms with Gasteiger partial charge in [-0.2, -0.15) is 0 Å². The summed E-state index contributed by atoms with van der Waals surface area (Å²) in [5.74, 6) is 1.16. The molecule has 0 amide bonds. The molecule has 5 aromatic rings. The van der Waals surface area contributed by atoms with Gasteiger partial charge in [-0.1, -0.05) is 47.6 Å². The summed E-state index contributed by atoms with van der Waals surface area (Å²) in [6, 6.07) is 20.2. The van der Waals surface area contributed by atoms with E-state index in [4.69, 9.17) is 18.7 Å². The molecule has 186 valence electrons. The van der Waals surface area contributed by atoms with Gasteiger partial charge in [-0.25, -0.2) is 9.78 Å². The number of aromatic carboxylic acids is 1. The van der Waals surface area contributed by atoms with Gasteiger partial charge in [0, 0.05) is 16.5 Å². The fourth-order valence-corrected chi connectivity index (χ4v) is 4.43. The molecule has 0 fully saturated rings. The van der Waals surface area contributed by atoms with Crippen LogP contribution >= 0.6 is 0 Å². The Morgan fingerprint density at radius 3 is 2.11 bits per heavy atom. The third-order valence-corrected chi connectivity index (χ3v) is 6.22. The SMILES string of the molecule is COc1cc(-c2noc(C)c2-c2ccc(-c3cc(C(=O)O)c4ccccc4n3)cc2)cc(OC)c1OC. The second-order valence-electron chi connectivity index (χ2n) is 8.33. The smallest absolute Gasteiger partial charge is 0.336 e. The van der Waals surface area contributed by atoms with E-state index in [1.807, 2.05) is 55.5 Å². The van der Waals surface area contributed by atoms with Crippen LogP contribution < -0.4 is 14.2 Å². The summed E-state index contributed by atoms with van der Waals surface area (Å²) in [6.45, 7) is 1.85. The number of hydrogen-bond acceptors (Lipinski definition) is 7. The lowest BCUT2D eigenvalue weighted by Crippen LogP contribution is -2.00. The predicted octanol–water partition coefficient (Wildman–Crippen LogP) is 6.26. The first kappa shape index (κ1) is 23.9. The van der Waals surface area contributed by atoms with Crippen LogP contribution in [0.4, 0.5) is 0 Å². The van der Waals surface area contributed by atoms with E-state index in [-0.39, 0.29) is 5.56 Å². The van der Waals surface area contributed by atoms with Gasteiger partial charge in [-0.15, -0.1) is 0 Å². The minimum absolute atomic E-state index is 0.212. The Kier molecular flexibility index (Phi) is 6.23. The quantitative estimate of drug-likeness (QED) is 0.282. The van der Waals surface area contributed by atoms with E-state index in [1.165, 1.54) is 0 Å². The summed E-state index contributed by atoms with van der Waals surface area (Å²) in [5, 5.41) is 14.6. The highest BCUT2D eigenvalue weighted by Gasteiger charge is 2.21. The van der Waals surface area contributed by atoms with E-state index < -0.39 is 5.97 Å². The highest BCUT2D eigenvalue weighted by atomic mass is 16.5. The molecule has 5 rings (SSSR count). The molecule has 8 heteroatoms. The number of carbonyl (C=O) groups is 1. The van der Waals surface area contributed by atoms with Crippen LogP contribution in [0.25, 0.3) is 44.5 Å². The third kappa shape index (κ3) is 4.23. The van der Waals surface area contributed by atoms with Gasteiger partial charge >= 0.3 is 5.97 Å². The van der Waals surface area contributed by atoms with Crippen molar-refractivity contribution in [2.45, 2.75) is 6.92 Å². The standard InChI is InChI=1S/C29H24N2O6/c1-16-26(27(31-37-16)19-13-24(34-2)28(36-4)25(14-19)35-3)18-11-9-17(10-12-18)23-15-21(29(32)33)20-7-5-6-8-22(20)30-23/h5-15H,1-4H3,(H,32,33). The van der Waals surface area contributed by atoms with E-state index in [2.05, 4.69) is 10.1 Å². The number of rotatable bonds is 7. The molecule has 37 heavy (non-hydrogen) atoms. The van der Waals surface area contributed by atoms with Gasteiger partial charge in [-0.3, -0.25) is 0 Å². The molecule has 0 unspecified atom stereocenters. The lowest BCUT2D eigenvalue weighted by atomic mass is 9.97. The van der Waals surface area contributed by atoms with Gasteiger partial charge in [0.05, 0.1) is 43.7 Å². The summed E-state index contributed by atoms with van der Waals surface area (Å²) >= 11 is 0. The van der Waals surface area contributed by atoms with Crippen molar-refractivity contribution in [2.75, 3.05) is 21.3 Å². The van der Waals surface area contributed by atoms with Crippen molar-refractivity contribution in [3.8, 4) is 50.9 Å². The summed E-state index contributed by atoms with van der Waals surface area (Å²) in [6.07, 6.45) is 0. The summed E-state index contributed by atoms with van der Waals surface area (Å²) in [7, 11) is 4.67. The largest absolute Gasteiger partial charge is 0.493 e. The van der Waals surface area contributed by atoms with E-state index in [9.17, 15) is 9.90 Å². The number of hydrogen-bond donors (Lipinski definition) is 1. The molecule has 0 bridgehead atoms. The molecule has 0 saturated heterocycles. The average molecular weight is 497 g/mol. The number of carboxylic acid groups (broad SMARTS) is 1. The van der Waals surface area contributed by atoms with Crippen molar-refractivity contribution in [2.24, 2.45) is 0 Å². The minimum Gasteiger partial charge on any atom is -0.493 e. The Balaban J connectivity index is 1.58. The molecule has 0 aliphatic rings. The number of fused-ring (bicyclic) bond motifs is 1. The molecule has 0 saturated carbocycles. The van der Waals surface area contributed by atoms with E-state index >= 15 is 0 Å². The van der Waals surface area contributed by atoms with Crippen molar-refractivity contribution in [1.29, 1.82) is 0 Å². The number of benzene rings is 3. The number of carboxylic acids is 1. The van der Waals surface area contributed by atoms with Crippen LogP contribution in [0.2, 0.25) is 0 Å². The molecule has 8 nitrogen and oxygen atoms in total. The van der Waals surface area contributed by atoms with Crippen LogP contribution in [-0.2, 0) is 0 Å². The molecule has 3 aromatic carbocycles. The maximum Gasteiger partial charge on any atom is 0.336 e. The second kappa shape index (κ2) is 9.66. The zero-order valence-corrected chi connectivity index (χ0v) is 20.7. The normalized spacial score (nSPS) is 10.9. The summed E-state index contributed by atoms with van der Waals surface area (Å²) in [4.78, 5) is 16.6. The first-order chi connectivity index (χ1) is 17.9. The van der Waals surface area contributed by atoms with Crippen molar-refractivity contribution < 1.29 is 28.6 Å². The van der Waals surface area contributed by atoms with Crippen molar-refractivity contribution in [3.05, 3.63) is 78.1 Å². The lowest BCUT2D eigenvalue weighted by molar-refractivity contribution is 0.0699. The van der Waals surface area contributed by atoms with Crippen molar-refractivity contribution in [1.82, 2.24) is 10.1 Å². The molecule has 0 radical (unpaired) electrons. The molecule has 2 aromatic heterocycles. The molecule has 0 spiro atoms. The lowest BCUT2D eigenvalue weighted by Gasteiger charge is -2.14. The molecule has 0 aliphatic carbocycles. The van der Waals surface area contributed by atoms with Crippen molar-refractivity contribution >= 4 is 16.9 Å². The Morgan fingerprint density at radius 2 is 1.49 bits per heavy atom. The van der Waals surface area contributed by atoms with Gasteiger partial charge < -0.3 is 23.8 Å². The summed E-state index contributed by atoms with van der Waals surface area (Å²) < 4.78 is 22.0. The average Bonchev–Trinajstić information content (AvgIpc) is 3.32. The van der Waals surface area contributed by atoms with Crippen LogP contribution in [0.3, 0.4) is 0 Å². The van der Waals surface area contributed by atoms with Crippen molar-refractivity contribution in [3.63, 3.8) is 0 Å². The zero-order chi connectivity index (χ0) is 26.1. The van der Waals surface area contributed by atoms with Gasteiger partial charge in [-0.05, 0) is 36.8 Å². The fourth-order valence-electron chi connectivity index (χ4n) is 4.43. The Morgan fingerprint density at radius 1 is 0.838 bits per heavy atom. The second-order valence-corrected chi connectivity index (χ2v) is 8.33. The molecular weight excluding hydrogens is 472 g/mol. The van der Waals surface area contributed by atoms with Crippen LogP contribution in [0.1, 0.15) is 16.1 Å². The molecule has 0 aliphatic heterocycles. The van der Waals surface area contributed by atoms with Crippen LogP contribution in [-0.4, -0.2) is 42.5 Å². The van der Waals surface area contributed by atoms with Gasteiger partial charge in [0.15, 0.2) is 11.5 Å². The van der Waals surface area contributed by atoms with Crippen LogP contribution in [0.5, 0.6) is 17.2 Å². The zero-order valence-electron chi connectivity index (χ0n) is 20.7. The predicted molar refractivity (Wildman–Crippen MR) is 139 cm³/mol. The Bertz CT molecular complexity index is 1600. The first-order valence-corrected chi connectivity index (χ1v) is 11.5. The Hall–Kier alpha value is -4.85. The molecule has 1 N–H and O–H groups in total. The third-order valence-electron chi connectivity index (χ3n) is 6.22. The molecule has 2 heterocycles.